The highest BCUT2D eigenvalue weighted by molar-refractivity contribution is 7.17. The second kappa shape index (κ2) is 9.56. The number of ether oxygens (including phenoxy) is 2. The second-order valence-corrected chi connectivity index (χ2v) is 7.84. The maximum atomic E-state index is 12.5. The summed E-state index contributed by atoms with van der Waals surface area (Å²) in [6.45, 7) is 1.56. The minimum absolute atomic E-state index is 0.260. The zero-order valence-corrected chi connectivity index (χ0v) is 17.1. The Hall–Kier alpha value is -2.87. The highest BCUT2D eigenvalue weighted by atomic mass is 32.1. The Morgan fingerprint density at radius 3 is 2.48 bits per heavy atom. The number of nitrogen functional groups attached to an aromatic ring is 1. The van der Waals surface area contributed by atoms with Crippen LogP contribution in [-0.4, -0.2) is 31.1 Å². The molecule has 3 N–H and O–H groups in total. The molecule has 7 nitrogen and oxygen atoms in total. The summed E-state index contributed by atoms with van der Waals surface area (Å²) in [5, 5.41) is 3.19. The second-order valence-electron chi connectivity index (χ2n) is 6.74. The number of hydrogen-bond donors (Lipinski definition) is 2. The van der Waals surface area contributed by atoms with Crippen LogP contribution in [-0.2, 0) is 27.1 Å². The molecule has 0 bridgehead atoms. The Morgan fingerprint density at radius 1 is 1.03 bits per heavy atom. The van der Waals surface area contributed by atoms with E-state index in [-0.39, 0.29) is 6.61 Å². The molecule has 0 spiro atoms. The number of carbonyl (C=O) groups is 3. The van der Waals surface area contributed by atoms with Crippen LogP contribution in [0.2, 0.25) is 0 Å². The lowest BCUT2D eigenvalue weighted by atomic mass is 10.1. The number of benzene rings is 1. The first-order valence-corrected chi connectivity index (χ1v) is 10.5. The molecule has 3 rings (SSSR count). The molecule has 1 aromatic carbocycles. The largest absolute Gasteiger partial charge is 0.462 e. The standard InChI is InChI=1S/C21H24N2O5S/c1-2-27-21(26)18-15-6-4-3-5-7-16(15)29-19(18)23-17(24)12-28-20(25)13-8-10-14(22)11-9-13/h8-11H,2-7,12,22H2,1H3,(H,23,24). The Bertz CT molecular complexity index is 905. The number of nitrogens with one attached hydrogen (secondary N) is 1. The molecule has 1 aromatic heterocycles. The molecule has 0 radical (unpaired) electrons. The monoisotopic (exact) mass is 416 g/mol. The molecule has 1 aliphatic rings. The van der Waals surface area contributed by atoms with E-state index in [1.807, 2.05) is 0 Å². The van der Waals surface area contributed by atoms with Crippen LogP contribution in [0.3, 0.4) is 0 Å². The number of fused-ring (bicyclic) bond motifs is 1. The minimum Gasteiger partial charge on any atom is -0.462 e. The number of nitrogens with two attached hydrogens (primary N) is 1. The summed E-state index contributed by atoms with van der Waals surface area (Å²) < 4.78 is 10.3. The van der Waals surface area contributed by atoms with Gasteiger partial charge in [0, 0.05) is 10.6 Å². The van der Waals surface area contributed by atoms with Crippen molar-refractivity contribution in [3.05, 3.63) is 45.8 Å². The van der Waals surface area contributed by atoms with Crippen LogP contribution in [0.5, 0.6) is 0 Å². The van der Waals surface area contributed by atoms with Crippen LogP contribution in [0.1, 0.15) is 57.3 Å². The number of thiophene rings is 1. The average Bonchev–Trinajstić information content (AvgIpc) is 2.87. The fourth-order valence-corrected chi connectivity index (χ4v) is 4.54. The number of carbonyl (C=O) groups excluding carboxylic acids is 3. The van der Waals surface area contributed by atoms with Gasteiger partial charge in [-0.25, -0.2) is 9.59 Å². The van der Waals surface area contributed by atoms with E-state index in [0.29, 0.717) is 21.8 Å². The zero-order chi connectivity index (χ0) is 20.8. The first-order valence-electron chi connectivity index (χ1n) is 9.63. The van der Waals surface area contributed by atoms with E-state index in [2.05, 4.69) is 5.32 Å². The number of esters is 2. The molecule has 29 heavy (non-hydrogen) atoms. The molecule has 0 aliphatic heterocycles. The van der Waals surface area contributed by atoms with E-state index in [1.54, 1.807) is 19.1 Å². The van der Waals surface area contributed by atoms with Gasteiger partial charge in [-0.1, -0.05) is 6.42 Å². The molecule has 0 unspecified atom stereocenters. The van der Waals surface area contributed by atoms with Gasteiger partial charge >= 0.3 is 11.9 Å². The molecule has 0 atom stereocenters. The number of aryl methyl sites for hydroxylation is 1. The lowest BCUT2D eigenvalue weighted by Gasteiger charge is -2.09. The van der Waals surface area contributed by atoms with Crippen molar-refractivity contribution in [2.75, 3.05) is 24.3 Å². The molecule has 0 fully saturated rings. The van der Waals surface area contributed by atoms with Crippen molar-refractivity contribution in [3.8, 4) is 0 Å². The van der Waals surface area contributed by atoms with Gasteiger partial charge in [0.05, 0.1) is 17.7 Å². The van der Waals surface area contributed by atoms with E-state index >= 15 is 0 Å². The first-order chi connectivity index (χ1) is 14.0. The Kier molecular flexibility index (Phi) is 6.87. The quantitative estimate of drug-likeness (QED) is 0.423. The summed E-state index contributed by atoms with van der Waals surface area (Å²) in [6, 6.07) is 6.23. The van der Waals surface area contributed by atoms with Crippen LogP contribution in [0.15, 0.2) is 24.3 Å². The molecule has 0 saturated carbocycles. The van der Waals surface area contributed by atoms with Gasteiger partial charge in [0.25, 0.3) is 5.91 Å². The van der Waals surface area contributed by atoms with E-state index in [9.17, 15) is 14.4 Å². The predicted octanol–water partition coefficient (Wildman–Crippen LogP) is 3.57. The van der Waals surface area contributed by atoms with E-state index < -0.39 is 24.5 Å². The number of rotatable bonds is 6. The van der Waals surface area contributed by atoms with Gasteiger partial charge < -0.3 is 20.5 Å². The highest BCUT2D eigenvalue weighted by Gasteiger charge is 2.26. The third-order valence-electron chi connectivity index (χ3n) is 4.63. The molecule has 154 valence electrons. The van der Waals surface area contributed by atoms with Crippen molar-refractivity contribution in [2.45, 2.75) is 39.0 Å². The van der Waals surface area contributed by atoms with Gasteiger partial charge in [-0.05, 0) is 62.4 Å². The van der Waals surface area contributed by atoms with E-state index in [4.69, 9.17) is 15.2 Å². The topological polar surface area (TPSA) is 108 Å². The summed E-state index contributed by atoms with van der Waals surface area (Å²) in [5.41, 5.74) is 7.84. The fourth-order valence-electron chi connectivity index (χ4n) is 3.25. The summed E-state index contributed by atoms with van der Waals surface area (Å²) in [5.74, 6) is -1.55. The van der Waals surface area contributed by atoms with Gasteiger partial charge in [-0.15, -0.1) is 11.3 Å². The smallest absolute Gasteiger partial charge is 0.341 e. The van der Waals surface area contributed by atoms with Crippen molar-refractivity contribution in [3.63, 3.8) is 0 Å². The number of amides is 1. The van der Waals surface area contributed by atoms with Crippen molar-refractivity contribution >= 4 is 39.9 Å². The zero-order valence-electron chi connectivity index (χ0n) is 16.3. The van der Waals surface area contributed by atoms with Crippen molar-refractivity contribution in [2.24, 2.45) is 0 Å². The maximum Gasteiger partial charge on any atom is 0.341 e. The molecule has 8 heteroatoms. The van der Waals surface area contributed by atoms with Gasteiger partial charge in [0.2, 0.25) is 0 Å². The molecule has 1 aliphatic carbocycles. The lowest BCUT2D eigenvalue weighted by molar-refractivity contribution is -0.119. The Labute approximate surface area is 173 Å². The molecular formula is C21H24N2O5S. The summed E-state index contributed by atoms with van der Waals surface area (Å²) >= 11 is 1.40. The molecule has 1 heterocycles. The highest BCUT2D eigenvalue weighted by Crippen LogP contribution is 2.38. The average molecular weight is 416 g/mol. The third kappa shape index (κ3) is 5.14. The van der Waals surface area contributed by atoms with Crippen LogP contribution >= 0.6 is 11.3 Å². The molecule has 1 amide bonds. The van der Waals surface area contributed by atoms with Crippen molar-refractivity contribution in [1.29, 1.82) is 0 Å². The number of hydrogen-bond acceptors (Lipinski definition) is 7. The Morgan fingerprint density at radius 2 is 1.76 bits per heavy atom. The van der Waals surface area contributed by atoms with E-state index in [1.165, 1.54) is 23.5 Å². The molecular weight excluding hydrogens is 392 g/mol. The normalized spacial score (nSPS) is 13.1. The van der Waals surface area contributed by atoms with Gasteiger partial charge in [0.1, 0.15) is 5.00 Å². The minimum atomic E-state index is -0.618. The summed E-state index contributed by atoms with van der Waals surface area (Å²) in [6.07, 6.45) is 4.86. The predicted molar refractivity (Wildman–Crippen MR) is 111 cm³/mol. The van der Waals surface area contributed by atoms with Gasteiger partial charge in [0.15, 0.2) is 6.61 Å². The van der Waals surface area contributed by atoms with Gasteiger partial charge in [-0.3, -0.25) is 4.79 Å². The number of anilines is 2. The molecule has 2 aromatic rings. The Balaban J connectivity index is 1.70. The summed E-state index contributed by atoms with van der Waals surface area (Å²) in [4.78, 5) is 38.0. The van der Waals surface area contributed by atoms with Crippen molar-refractivity contribution < 1.29 is 23.9 Å². The third-order valence-corrected chi connectivity index (χ3v) is 5.84. The van der Waals surface area contributed by atoms with Crippen molar-refractivity contribution in [1.82, 2.24) is 0 Å². The molecule has 0 saturated heterocycles. The van der Waals surface area contributed by atoms with Crippen LogP contribution in [0.4, 0.5) is 10.7 Å². The fraction of sp³-hybridized carbons (Fsp3) is 0.381. The van der Waals surface area contributed by atoms with E-state index in [0.717, 1.165) is 42.5 Å². The van der Waals surface area contributed by atoms with Crippen LogP contribution in [0, 0.1) is 0 Å². The first kappa shape index (κ1) is 20.9. The maximum absolute atomic E-state index is 12.5. The van der Waals surface area contributed by atoms with Gasteiger partial charge in [-0.2, -0.15) is 0 Å². The van der Waals surface area contributed by atoms with Crippen LogP contribution in [0.25, 0.3) is 0 Å². The summed E-state index contributed by atoms with van der Waals surface area (Å²) in [7, 11) is 0. The lowest BCUT2D eigenvalue weighted by Crippen LogP contribution is -2.22. The SMILES string of the molecule is CCOC(=O)c1c(NC(=O)COC(=O)c2ccc(N)cc2)sc2c1CCCCC2. The van der Waals surface area contributed by atoms with Crippen LogP contribution < -0.4 is 11.1 Å².